The van der Waals surface area contributed by atoms with E-state index < -0.39 is 109 Å². The fourth-order valence-electron chi connectivity index (χ4n) is 5.36. The summed E-state index contributed by atoms with van der Waals surface area (Å²) in [5.41, 5.74) is 4.46. The average Bonchev–Trinajstić information content (AvgIpc) is 3.12. The number of azo groups is 2. The molecule has 0 aromatic heterocycles. The van der Waals surface area contributed by atoms with Gasteiger partial charge in [0.15, 0.2) is 5.75 Å². The Labute approximate surface area is 327 Å². The molecule has 6 rings (SSSR count). The summed E-state index contributed by atoms with van der Waals surface area (Å²) in [4.78, 5) is -3.78. The Hall–Kier alpha value is -5.97. The van der Waals surface area contributed by atoms with E-state index in [1.54, 1.807) is 0 Å². The van der Waals surface area contributed by atoms with Crippen molar-refractivity contribution in [1.29, 1.82) is 0 Å². The first-order valence-electron chi connectivity index (χ1n) is 15.4. The maximum Gasteiger partial charge on any atom is 0.339 e. The lowest BCUT2D eigenvalue weighted by molar-refractivity contribution is 0.470. The third kappa shape index (κ3) is 8.63. The summed E-state index contributed by atoms with van der Waals surface area (Å²) >= 11 is 0. The van der Waals surface area contributed by atoms with Gasteiger partial charge in [-0.2, -0.15) is 47.2 Å². The molecule has 21 nitrogen and oxygen atoms in total. The van der Waals surface area contributed by atoms with Crippen LogP contribution in [0.15, 0.2) is 142 Å². The van der Waals surface area contributed by atoms with Crippen LogP contribution in [0.4, 0.5) is 28.4 Å². The first-order valence-corrected chi connectivity index (χ1v) is 22.5. The Balaban J connectivity index is 1.62. The van der Waals surface area contributed by atoms with Gasteiger partial charge in [-0.25, -0.2) is 0 Å². The summed E-state index contributed by atoms with van der Waals surface area (Å²) in [6.07, 6.45) is 0. The smallest absolute Gasteiger partial charge is 0.339 e. The molecular weight excluding hydrogens is 871 g/mol. The molecule has 58 heavy (non-hydrogen) atoms. The molecule has 0 atom stereocenters. The fraction of sp³-hybridized carbons (Fsp3) is 0. The molecule has 0 aliphatic carbocycles. The summed E-state index contributed by atoms with van der Waals surface area (Å²) in [6.45, 7) is 0. The predicted octanol–water partition coefficient (Wildman–Crippen LogP) is 5.87. The van der Waals surface area contributed by atoms with Gasteiger partial charge in [0.05, 0.1) is 48.2 Å². The minimum absolute atomic E-state index is 0.00626. The molecule has 0 amide bonds. The molecule has 0 saturated carbocycles. The summed E-state index contributed by atoms with van der Waals surface area (Å²) in [5.74, 6) is -1.75. The van der Waals surface area contributed by atoms with E-state index in [4.69, 9.17) is 9.92 Å². The Kier molecular flexibility index (Phi) is 10.6. The molecule has 302 valence electrons. The Morgan fingerprint density at radius 3 is 1.60 bits per heavy atom. The second-order valence-electron chi connectivity index (χ2n) is 11.8. The lowest BCUT2D eigenvalue weighted by Gasteiger charge is -2.14. The fourth-order valence-corrected chi connectivity index (χ4v) is 8.55. The molecule has 6 aromatic carbocycles. The zero-order valence-corrected chi connectivity index (χ0v) is 32.5. The molecule has 0 radical (unpaired) electrons. The van der Waals surface area contributed by atoms with Gasteiger partial charge in [0.25, 0.3) is 40.5 Å². The molecule has 0 heterocycles. The SMILES string of the molecule is Nc1c(N=Nc2ccc(N=Nc3ccc(S(=O)(=O)O)cc3)c3cc(S(=O)(=O)O)cc(OS(=O)(=O)c4ccccc4)c23)cc(S(=O)(=O)O)c2cc(S(=O)(=O)O)cc(O)c12. The third-order valence-corrected chi connectivity index (χ3v) is 12.6. The van der Waals surface area contributed by atoms with Crippen molar-refractivity contribution >= 4 is 101 Å². The minimum atomic E-state index is -5.26. The second-order valence-corrected chi connectivity index (χ2v) is 19.0. The van der Waals surface area contributed by atoms with Crippen molar-refractivity contribution in [3.05, 3.63) is 97.1 Å². The molecule has 26 heteroatoms. The van der Waals surface area contributed by atoms with Crippen molar-refractivity contribution in [2.75, 3.05) is 5.73 Å². The van der Waals surface area contributed by atoms with E-state index in [2.05, 4.69) is 20.5 Å². The molecule has 0 bridgehead atoms. The standard InChI is InChI=1S/C32H23N5O16S5/c33-32-26(16-29(57(48,49)50)23-13-20(55(42,43)44)14-27(38)31(23)32)37-36-25-11-10-24(35-34-17-6-8-18(9-7-17)54(39,40)41)22-12-21(56(45,46)47)15-28(30(22)25)53-58(51,52)19-4-2-1-3-5-19/h1-16,38H,33H2,(H,39,40,41)(H,42,43,44)(H,45,46,47)(H,48,49,50). The van der Waals surface area contributed by atoms with Gasteiger partial charge in [-0.1, -0.05) is 18.2 Å². The summed E-state index contributed by atoms with van der Waals surface area (Å²) in [6, 6.07) is 16.4. The normalized spacial score (nSPS) is 13.2. The van der Waals surface area contributed by atoms with E-state index >= 15 is 0 Å². The Bertz CT molecular complexity index is 3330. The molecule has 0 spiro atoms. The first kappa shape index (κ1) is 41.7. The highest BCUT2D eigenvalue weighted by Gasteiger charge is 2.26. The molecule has 6 aromatic rings. The number of phenols is 1. The first-order chi connectivity index (χ1) is 26.8. The number of nitrogen functional groups attached to an aromatic ring is 1. The number of nitrogens with two attached hydrogens (primary N) is 1. The second kappa shape index (κ2) is 14.8. The zero-order valence-electron chi connectivity index (χ0n) is 28.4. The van der Waals surface area contributed by atoms with Crippen LogP contribution in [0.5, 0.6) is 11.5 Å². The van der Waals surface area contributed by atoms with Crippen LogP contribution in [-0.2, 0) is 50.6 Å². The third-order valence-electron chi connectivity index (χ3n) is 7.95. The molecule has 0 fully saturated rings. The van der Waals surface area contributed by atoms with Crippen molar-refractivity contribution in [1.82, 2.24) is 0 Å². The van der Waals surface area contributed by atoms with Gasteiger partial charge in [-0.3, -0.25) is 18.2 Å². The van der Waals surface area contributed by atoms with Crippen LogP contribution in [0.2, 0.25) is 0 Å². The maximum atomic E-state index is 13.4. The predicted molar refractivity (Wildman–Crippen MR) is 202 cm³/mol. The van der Waals surface area contributed by atoms with Crippen LogP contribution in [0, 0.1) is 0 Å². The molecule has 0 saturated heterocycles. The highest BCUT2D eigenvalue weighted by atomic mass is 32.2. The van der Waals surface area contributed by atoms with Crippen LogP contribution in [0.3, 0.4) is 0 Å². The number of phenolic OH excluding ortho intramolecular Hbond substituents is 1. The van der Waals surface area contributed by atoms with Crippen LogP contribution in [-0.4, -0.2) is 65.4 Å². The Morgan fingerprint density at radius 2 is 1.02 bits per heavy atom. The van der Waals surface area contributed by atoms with E-state index in [-0.39, 0.29) is 27.8 Å². The van der Waals surface area contributed by atoms with Gasteiger partial charge in [-0.05, 0) is 66.7 Å². The van der Waals surface area contributed by atoms with Crippen molar-refractivity contribution in [2.24, 2.45) is 20.5 Å². The summed E-state index contributed by atoms with van der Waals surface area (Å²) in [7, 11) is -24.8. The lowest BCUT2D eigenvalue weighted by atomic mass is 10.1. The van der Waals surface area contributed by atoms with Gasteiger partial charge in [0.2, 0.25) is 0 Å². The largest absolute Gasteiger partial charge is 0.507 e. The number of aromatic hydroxyl groups is 1. The summed E-state index contributed by atoms with van der Waals surface area (Å²) in [5, 5.41) is 24.8. The number of rotatable bonds is 11. The van der Waals surface area contributed by atoms with Gasteiger partial charge in [0, 0.05) is 22.9 Å². The molecule has 0 aliphatic rings. The van der Waals surface area contributed by atoms with Crippen LogP contribution < -0.4 is 9.92 Å². The number of nitrogens with zero attached hydrogens (tertiary/aromatic N) is 4. The monoisotopic (exact) mass is 893 g/mol. The van der Waals surface area contributed by atoms with Crippen molar-refractivity contribution in [3.63, 3.8) is 0 Å². The van der Waals surface area contributed by atoms with E-state index in [0.29, 0.717) is 24.3 Å². The van der Waals surface area contributed by atoms with Crippen LogP contribution >= 0.6 is 0 Å². The molecule has 0 unspecified atom stereocenters. The van der Waals surface area contributed by atoms with E-state index in [1.807, 2.05) is 0 Å². The Morgan fingerprint density at radius 1 is 0.483 bits per heavy atom. The topological polar surface area (TPSA) is 357 Å². The number of hydrogen-bond donors (Lipinski definition) is 6. The molecule has 7 N–H and O–H groups in total. The van der Waals surface area contributed by atoms with E-state index in [1.165, 1.54) is 18.2 Å². The zero-order chi connectivity index (χ0) is 42.6. The number of fused-ring (bicyclic) bond motifs is 2. The van der Waals surface area contributed by atoms with E-state index in [0.717, 1.165) is 54.6 Å². The average molecular weight is 894 g/mol. The van der Waals surface area contributed by atoms with Gasteiger partial charge in [0.1, 0.15) is 21.2 Å². The van der Waals surface area contributed by atoms with Crippen molar-refractivity contribution in [2.45, 2.75) is 24.5 Å². The lowest BCUT2D eigenvalue weighted by Crippen LogP contribution is -2.10. The molecular formula is C32H23N5O16S5. The number of anilines is 1. The molecule has 0 aliphatic heterocycles. The van der Waals surface area contributed by atoms with Gasteiger partial charge < -0.3 is 15.0 Å². The quantitative estimate of drug-likeness (QED) is 0.0383. The minimum Gasteiger partial charge on any atom is -0.507 e. The summed E-state index contributed by atoms with van der Waals surface area (Å²) < 4.78 is 167. The highest BCUT2D eigenvalue weighted by Crippen LogP contribution is 2.46. The van der Waals surface area contributed by atoms with Gasteiger partial charge >= 0.3 is 10.1 Å². The van der Waals surface area contributed by atoms with Gasteiger partial charge in [-0.15, -0.1) is 15.3 Å². The van der Waals surface area contributed by atoms with Crippen molar-refractivity contribution < 1.29 is 69.6 Å². The highest BCUT2D eigenvalue weighted by molar-refractivity contribution is 7.87. The van der Waals surface area contributed by atoms with E-state index in [9.17, 15) is 65.4 Å². The maximum absolute atomic E-state index is 13.4. The van der Waals surface area contributed by atoms with Crippen LogP contribution in [0.1, 0.15) is 0 Å². The van der Waals surface area contributed by atoms with Crippen LogP contribution in [0.25, 0.3) is 21.5 Å². The number of benzene rings is 6. The van der Waals surface area contributed by atoms with Crippen molar-refractivity contribution in [3.8, 4) is 11.5 Å². The number of hydrogen-bond acceptors (Lipinski definition) is 17.